The summed E-state index contributed by atoms with van der Waals surface area (Å²) in [5, 5.41) is 26.4. The molecule has 2 atom stereocenters. The van der Waals surface area contributed by atoms with Gasteiger partial charge in [0.05, 0.1) is 18.6 Å². The molecule has 1 aliphatic heterocycles. The van der Waals surface area contributed by atoms with E-state index in [1.54, 1.807) is 31.2 Å². The molecule has 0 radical (unpaired) electrons. The maximum atomic E-state index is 13.0. The number of aliphatic hydroxyl groups is 1. The summed E-state index contributed by atoms with van der Waals surface area (Å²) < 4.78 is 3.93. The second-order valence-electron chi connectivity index (χ2n) is 7.37. The average Bonchev–Trinajstić information content (AvgIpc) is 3.35. The Kier molecular flexibility index (Phi) is 5.88. The highest BCUT2D eigenvalue weighted by molar-refractivity contribution is 7.11. The van der Waals surface area contributed by atoms with Gasteiger partial charge < -0.3 is 26.6 Å². The number of benzene rings is 2. The van der Waals surface area contributed by atoms with Crippen molar-refractivity contribution in [3.8, 4) is 5.88 Å². The largest absolute Gasteiger partial charge is 0.492 e. The van der Waals surface area contributed by atoms with Crippen LogP contribution in [0.3, 0.4) is 0 Å². The monoisotopic (exact) mass is 437 g/mol. The van der Waals surface area contributed by atoms with Gasteiger partial charge in [0.25, 0.3) is 0 Å². The van der Waals surface area contributed by atoms with Gasteiger partial charge in [0, 0.05) is 23.5 Å². The number of aromatic nitrogens is 1. The summed E-state index contributed by atoms with van der Waals surface area (Å²) in [6.07, 6.45) is -0.643. The van der Waals surface area contributed by atoms with Crippen molar-refractivity contribution in [3.05, 3.63) is 65.2 Å². The van der Waals surface area contributed by atoms with E-state index in [9.17, 15) is 15.0 Å². The molecule has 2 unspecified atom stereocenters. The van der Waals surface area contributed by atoms with Crippen LogP contribution in [0.25, 0.3) is 0 Å². The number of anilines is 3. The minimum atomic E-state index is -0.643. The van der Waals surface area contributed by atoms with Crippen LogP contribution >= 0.6 is 11.5 Å². The summed E-state index contributed by atoms with van der Waals surface area (Å²) in [4.78, 5) is 17.1. The zero-order valence-electron chi connectivity index (χ0n) is 16.9. The lowest BCUT2D eigenvalue weighted by Gasteiger charge is -2.11. The van der Waals surface area contributed by atoms with Gasteiger partial charge in [0.1, 0.15) is 16.4 Å². The van der Waals surface area contributed by atoms with E-state index in [4.69, 9.17) is 5.73 Å². The molecular formula is C22H23N5O3S. The molecule has 1 aromatic heterocycles. The van der Waals surface area contributed by atoms with Gasteiger partial charge in [-0.05, 0) is 54.4 Å². The van der Waals surface area contributed by atoms with Gasteiger partial charge in [-0.1, -0.05) is 18.2 Å². The summed E-state index contributed by atoms with van der Waals surface area (Å²) in [6, 6.07) is 15.0. The van der Waals surface area contributed by atoms with E-state index in [1.165, 1.54) is 0 Å². The lowest BCUT2D eigenvalue weighted by molar-refractivity contribution is 0.0966. The third kappa shape index (κ3) is 4.37. The van der Waals surface area contributed by atoms with Crippen molar-refractivity contribution in [1.82, 2.24) is 4.37 Å². The lowest BCUT2D eigenvalue weighted by Crippen LogP contribution is -2.17. The van der Waals surface area contributed by atoms with Crippen molar-refractivity contribution < 1.29 is 15.0 Å². The van der Waals surface area contributed by atoms with Gasteiger partial charge >= 0.3 is 0 Å². The standard InChI is InChI=1S/C22H23N5O3S/c1-12(28)10-25-20(23)18-21(30)27-31-22(18)26-14-8-6-13(7-9-14)19(29)16-11-24-17-5-3-2-4-15(16)17/h2-9,12,16,24,26,28H,10-11H2,1H3,(H2,23,25)(H,27,30). The number of ketones is 1. The Bertz CT molecular complexity index is 1120. The number of carbonyl (C=O) groups excluding carboxylic acids is 1. The first kappa shape index (κ1) is 20.8. The first-order valence-corrected chi connectivity index (χ1v) is 10.6. The maximum absolute atomic E-state index is 13.0. The number of aliphatic imine (C=N–C) groups is 1. The predicted molar refractivity (Wildman–Crippen MR) is 123 cm³/mol. The number of fused-ring (bicyclic) bond motifs is 1. The highest BCUT2D eigenvalue weighted by Crippen LogP contribution is 2.35. The number of para-hydroxylation sites is 1. The molecule has 31 heavy (non-hydrogen) atoms. The molecule has 0 saturated carbocycles. The van der Waals surface area contributed by atoms with E-state index >= 15 is 0 Å². The summed E-state index contributed by atoms with van der Waals surface area (Å²) in [6.45, 7) is 2.31. The van der Waals surface area contributed by atoms with E-state index in [1.807, 2.05) is 24.3 Å². The Labute approximate surface area is 183 Å². The highest BCUT2D eigenvalue weighted by Gasteiger charge is 2.28. The number of hydrogen-bond donors (Lipinski definition) is 5. The number of amidine groups is 1. The van der Waals surface area contributed by atoms with Crippen LogP contribution in [-0.2, 0) is 0 Å². The number of rotatable bonds is 7. The Balaban J connectivity index is 1.50. The molecule has 3 aromatic rings. The fraction of sp³-hybridized carbons (Fsp3) is 0.227. The maximum Gasteiger partial charge on any atom is 0.236 e. The van der Waals surface area contributed by atoms with Crippen molar-refractivity contribution in [3.63, 3.8) is 0 Å². The average molecular weight is 438 g/mol. The molecule has 160 valence electrons. The van der Waals surface area contributed by atoms with Crippen molar-refractivity contribution >= 4 is 39.5 Å². The molecule has 2 aromatic carbocycles. The fourth-order valence-electron chi connectivity index (χ4n) is 3.48. The second kappa shape index (κ2) is 8.75. The Hall–Kier alpha value is -3.43. The number of aromatic hydroxyl groups is 1. The van der Waals surface area contributed by atoms with Crippen LogP contribution in [0.1, 0.15) is 34.3 Å². The quantitative estimate of drug-likeness (QED) is 0.218. The third-order valence-electron chi connectivity index (χ3n) is 5.03. The SMILES string of the molecule is CC(O)CN=C(N)c1c(O)nsc1Nc1ccc(C(=O)C2CNc3ccccc32)cc1. The molecule has 0 saturated heterocycles. The first-order valence-electron chi connectivity index (χ1n) is 9.85. The zero-order chi connectivity index (χ0) is 22.0. The first-order chi connectivity index (χ1) is 14.9. The fourth-order valence-corrected chi connectivity index (χ4v) is 4.19. The van der Waals surface area contributed by atoms with Gasteiger partial charge in [-0.3, -0.25) is 9.79 Å². The van der Waals surface area contributed by atoms with Crippen molar-refractivity contribution in [2.45, 2.75) is 18.9 Å². The second-order valence-corrected chi connectivity index (χ2v) is 8.15. The molecular weight excluding hydrogens is 414 g/mol. The van der Waals surface area contributed by atoms with Gasteiger partial charge in [-0.25, -0.2) is 0 Å². The van der Waals surface area contributed by atoms with Gasteiger partial charge in [-0.2, -0.15) is 4.37 Å². The number of nitrogens with one attached hydrogen (secondary N) is 2. The van der Waals surface area contributed by atoms with Crippen LogP contribution in [0.15, 0.2) is 53.5 Å². The van der Waals surface area contributed by atoms with E-state index in [-0.39, 0.29) is 30.0 Å². The number of aliphatic hydroxyl groups excluding tert-OH is 1. The number of Topliss-reactive ketones (excluding diaryl/α,β-unsaturated/α-hetero) is 1. The van der Waals surface area contributed by atoms with Crippen LogP contribution < -0.4 is 16.4 Å². The predicted octanol–water partition coefficient (Wildman–Crippen LogP) is 3.07. The highest BCUT2D eigenvalue weighted by atomic mass is 32.1. The Morgan fingerprint density at radius 2 is 2.06 bits per heavy atom. The van der Waals surface area contributed by atoms with E-state index in [2.05, 4.69) is 20.0 Å². The molecule has 4 rings (SSSR count). The summed E-state index contributed by atoms with van der Waals surface area (Å²) in [7, 11) is 0. The number of carbonyl (C=O) groups is 1. The molecule has 0 spiro atoms. The van der Waals surface area contributed by atoms with Crippen LogP contribution in [0.2, 0.25) is 0 Å². The molecule has 0 aliphatic carbocycles. The molecule has 8 nitrogen and oxygen atoms in total. The smallest absolute Gasteiger partial charge is 0.236 e. The molecule has 9 heteroatoms. The normalized spacial score (nSPS) is 16.5. The van der Waals surface area contributed by atoms with Gasteiger partial charge in [0.2, 0.25) is 5.88 Å². The zero-order valence-corrected chi connectivity index (χ0v) is 17.7. The minimum absolute atomic E-state index is 0.0645. The van der Waals surface area contributed by atoms with Gasteiger partial charge in [-0.15, -0.1) is 0 Å². The van der Waals surface area contributed by atoms with Crippen molar-refractivity contribution in [2.75, 3.05) is 23.7 Å². The number of hydrogen-bond acceptors (Lipinski definition) is 8. The molecule has 0 fully saturated rings. The van der Waals surface area contributed by atoms with Crippen LogP contribution in [0, 0.1) is 0 Å². The lowest BCUT2D eigenvalue weighted by atomic mass is 9.92. The Morgan fingerprint density at radius 3 is 2.81 bits per heavy atom. The molecule has 2 heterocycles. The summed E-state index contributed by atoms with van der Waals surface area (Å²) in [5.41, 5.74) is 9.63. The number of nitrogens with zero attached hydrogens (tertiary/aromatic N) is 2. The van der Waals surface area contributed by atoms with E-state index in [0.717, 1.165) is 28.5 Å². The van der Waals surface area contributed by atoms with Crippen LogP contribution in [0.5, 0.6) is 5.88 Å². The molecule has 1 aliphatic rings. The number of nitrogens with two attached hydrogens (primary N) is 1. The summed E-state index contributed by atoms with van der Waals surface area (Å²) >= 11 is 1.05. The third-order valence-corrected chi connectivity index (χ3v) is 5.79. The van der Waals surface area contributed by atoms with E-state index < -0.39 is 6.10 Å². The molecule has 6 N–H and O–H groups in total. The molecule has 0 bridgehead atoms. The van der Waals surface area contributed by atoms with Gasteiger partial charge in [0.15, 0.2) is 5.78 Å². The van der Waals surface area contributed by atoms with E-state index in [0.29, 0.717) is 22.7 Å². The van der Waals surface area contributed by atoms with Crippen molar-refractivity contribution in [1.29, 1.82) is 0 Å². The van der Waals surface area contributed by atoms with Crippen molar-refractivity contribution in [2.24, 2.45) is 10.7 Å². The van der Waals surface area contributed by atoms with Crippen LogP contribution in [-0.4, -0.2) is 45.4 Å². The minimum Gasteiger partial charge on any atom is -0.492 e. The van der Waals surface area contributed by atoms with Crippen LogP contribution in [0.4, 0.5) is 16.4 Å². The Morgan fingerprint density at radius 1 is 1.32 bits per heavy atom. The summed E-state index contributed by atoms with van der Waals surface area (Å²) in [5.74, 6) is -0.271. The topological polar surface area (TPSA) is 133 Å². The molecule has 0 amide bonds.